The molecule has 0 fully saturated rings. The van der Waals surface area contributed by atoms with Gasteiger partial charge in [0.05, 0.1) is 6.54 Å². The van der Waals surface area contributed by atoms with Crippen LogP contribution in [0.2, 0.25) is 0 Å². The molecule has 0 aromatic heterocycles. The molecule has 102 valence electrons. The first-order valence-corrected chi connectivity index (χ1v) is 6.02. The van der Waals surface area contributed by atoms with E-state index in [1.165, 1.54) is 6.08 Å². The first kappa shape index (κ1) is 14.8. The number of rotatable bonds is 6. The number of anilines is 1. The van der Waals surface area contributed by atoms with Crippen LogP contribution in [0.1, 0.15) is 12.5 Å². The molecule has 1 aromatic carbocycles. The molecule has 2 N–H and O–H groups in total. The quantitative estimate of drug-likeness (QED) is 0.759. The van der Waals surface area contributed by atoms with Crippen molar-refractivity contribution in [1.29, 1.82) is 0 Å². The van der Waals surface area contributed by atoms with Crippen molar-refractivity contribution in [1.82, 2.24) is 5.32 Å². The Hall–Kier alpha value is -2.30. The average molecular weight is 262 g/mol. The largest absolute Gasteiger partial charge is 0.478 e. The number of amides is 1. The first-order valence-electron chi connectivity index (χ1n) is 6.02. The standard InChI is InChI=1S/C14H18N2O3/c1-3-15-13(17)10-16(2)12-7-5-4-6-11(12)8-9-14(18)19/h4-9H,3,10H2,1-2H3,(H,15,17)(H,18,19)/b9-8+. The summed E-state index contributed by atoms with van der Waals surface area (Å²) < 4.78 is 0. The van der Waals surface area contributed by atoms with Gasteiger partial charge in [0.15, 0.2) is 0 Å². The molecule has 0 aliphatic rings. The normalized spacial score (nSPS) is 10.4. The van der Waals surface area contributed by atoms with Gasteiger partial charge in [-0.3, -0.25) is 4.79 Å². The first-order chi connectivity index (χ1) is 9.04. The lowest BCUT2D eigenvalue weighted by molar-refractivity contribution is -0.131. The van der Waals surface area contributed by atoms with Crippen molar-refractivity contribution in [3.05, 3.63) is 35.9 Å². The Bertz CT molecular complexity index is 483. The Balaban J connectivity index is 2.87. The third-order valence-electron chi connectivity index (χ3n) is 2.51. The second-order valence-electron chi connectivity index (χ2n) is 4.04. The van der Waals surface area contributed by atoms with Gasteiger partial charge < -0.3 is 15.3 Å². The molecule has 0 aliphatic heterocycles. The molecule has 1 aromatic rings. The van der Waals surface area contributed by atoms with Crippen LogP contribution in [-0.2, 0) is 9.59 Å². The fraction of sp³-hybridized carbons (Fsp3) is 0.286. The fourth-order valence-electron chi connectivity index (χ4n) is 1.69. The molecule has 5 nitrogen and oxygen atoms in total. The minimum atomic E-state index is -0.999. The predicted molar refractivity (Wildman–Crippen MR) is 75.1 cm³/mol. The van der Waals surface area contributed by atoms with E-state index in [9.17, 15) is 9.59 Å². The second kappa shape index (κ2) is 7.20. The van der Waals surface area contributed by atoms with Crippen LogP contribution >= 0.6 is 0 Å². The monoisotopic (exact) mass is 262 g/mol. The number of hydrogen-bond donors (Lipinski definition) is 2. The minimum absolute atomic E-state index is 0.0676. The van der Waals surface area contributed by atoms with Crippen LogP contribution in [0.15, 0.2) is 30.3 Å². The number of likely N-dealkylation sites (N-methyl/N-ethyl adjacent to an activating group) is 2. The number of nitrogens with zero attached hydrogens (tertiary/aromatic N) is 1. The molecule has 0 saturated heterocycles. The van der Waals surface area contributed by atoms with Gasteiger partial charge in [0.25, 0.3) is 0 Å². The number of para-hydroxylation sites is 1. The molecule has 0 spiro atoms. The zero-order valence-corrected chi connectivity index (χ0v) is 11.1. The summed E-state index contributed by atoms with van der Waals surface area (Å²) in [7, 11) is 1.79. The van der Waals surface area contributed by atoms with E-state index in [-0.39, 0.29) is 12.5 Å². The highest BCUT2D eigenvalue weighted by Gasteiger charge is 2.09. The highest BCUT2D eigenvalue weighted by atomic mass is 16.4. The van der Waals surface area contributed by atoms with Crippen molar-refractivity contribution in [2.24, 2.45) is 0 Å². The maximum Gasteiger partial charge on any atom is 0.328 e. The molecule has 19 heavy (non-hydrogen) atoms. The van der Waals surface area contributed by atoms with Gasteiger partial charge >= 0.3 is 5.97 Å². The van der Waals surface area contributed by atoms with Gasteiger partial charge in [-0.1, -0.05) is 18.2 Å². The summed E-state index contributed by atoms with van der Waals surface area (Å²) in [6, 6.07) is 7.33. The van der Waals surface area contributed by atoms with Crippen molar-refractivity contribution in [3.8, 4) is 0 Å². The van der Waals surface area contributed by atoms with Gasteiger partial charge in [0.1, 0.15) is 0 Å². The number of carboxylic acids is 1. The average Bonchev–Trinajstić information content (AvgIpc) is 2.36. The van der Waals surface area contributed by atoms with Crippen LogP contribution in [0, 0.1) is 0 Å². The van der Waals surface area contributed by atoms with Crippen LogP contribution < -0.4 is 10.2 Å². The predicted octanol–water partition coefficient (Wildman–Crippen LogP) is 1.36. The Kier molecular flexibility index (Phi) is 5.60. The molecule has 0 bridgehead atoms. The molecular formula is C14H18N2O3. The molecule has 0 saturated carbocycles. The van der Waals surface area contributed by atoms with Crippen LogP contribution in [0.5, 0.6) is 0 Å². The zero-order chi connectivity index (χ0) is 14.3. The van der Waals surface area contributed by atoms with Crippen molar-refractivity contribution < 1.29 is 14.7 Å². The summed E-state index contributed by atoms with van der Waals surface area (Å²) >= 11 is 0. The summed E-state index contributed by atoms with van der Waals surface area (Å²) in [5, 5.41) is 11.4. The number of carboxylic acid groups (broad SMARTS) is 1. The molecule has 0 atom stereocenters. The van der Waals surface area contributed by atoms with Gasteiger partial charge in [-0.2, -0.15) is 0 Å². The zero-order valence-electron chi connectivity index (χ0n) is 11.1. The Morgan fingerprint density at radius 1 is 1.37 bits per heavy atom. The van der Waals surface area contributed by atoms with E-state index >= 15 is 0 Å². The third-order valence-corrected chi connectivity index (χ3v) is 2.51. The lowest BCUT2D eigenvalue weighted by atomic mass is 10.1. The maximum absolute atomic E-state index is 11.5. The topological polar surface area (TPSA) is 69.6 Å². The van der Waals surface area contributed by atoms with Crippen molar-refractivity contribution >= 4 is 23.6 Å². The number of carbonyl (C=O) groups is 2. The van der Waals surface area contributed by atoms with E-state index < -0.39 is 5.97 Å². The molecule has 0 unspecified atom stereocenters. The Morgan fingerprint density at radius 2 is 2.05 bits per heavy atom. The van der Waals surface area contributed by atoms with Gasteiger partial charge in [0, 0.05) is 25.4 Å². The molecular weight excluding hydrogens is 244 g/mol. The van der Waals surface area contributed by atoms with Gasteiger partial charge in [-0.25, -0.2) is 4.79 Å². The van der Waals surface area contributed by atoms with Crippen molar-refractivity contribution in [2.75, 3.05) is 25.0 Å². The number of carbonyl (C=O) groups excluding carboxylic acids is 1. The van der Waals surface area contributed by atoms with Crippen LogP contribution in [0.25, 0.3) is 6.08 Å². The minimum Gasteiger partial charge on any atom is -0.478 e. The van der Waals surface area contributed by atoms with Crippen LogP contribution in [-0.4, -0.2) is 37.1 Å². The van der Waals surface area contributed by atoms with Crippen molar-refractivity contribution in [3.63, 3.8) is 0 Å². The number of hydrogen-bond acceptors (Lipinski definition) is 3. The summed E-state index contributed by atoms with van der Waals surface area (Å²) in [5.41, 5.74) is 1.57. The molecule has 1 rings (SSSR count). The lowest BCUT2D eigenvalue weighted by Crippen LogP contribution is -2.35. The van der Waals surface area contributed by atoms with Gasteiger partial charge in [-0.15, -0.1) is 0 Å². The Morgan fingerprint density at radius 3 is 2.68 bits per heavy atom. The second-order valence-corrected chi connectivity index (χ2v) is 4.04. The molecule has 1 amide bonds. The van der Waals surface area contributed by atoms with E-state index in [2.05, 4.69) is 5.32 Å². The van der Waals surface area contributed by atoms with E-state index in [4.69, 9.17) is 5.11 Å². The van der Waals surface area contributed by atoms with Crippen molar-refractivity contribution in [2.45, 2.75) is 6.92 Å². The summed E-state index contributed by atoms with van der Waals surface area (Å²) in [5.74, 6) is -1.07. The van der Waals surface area contributed by atoms with E-state index in [0.717, 1.165) is 17.3 Å². The van der Waals surface area contributed by atoms with Gasteiger partial charge in [-0.05, 0) is 24.6 Å². The highest BCUT2D eigenvalue weighted by Crippen LogP contribution is 2.20. The van der Waals surface area contributed by atoms with Gasteiger partial charge in [0.2, 0.25) is 5.91 Å². The Labute approximate surface area is 112 Å². The SMILES string of the molecule is CCNC(=O)CN(C)c1ccccc1/C=C/C(=O)O. The van der Waals surface area contributed by atoms with E-state index in [0.29, 0.717) is 6.54 Å². The summed E-state index contributed by atoms with van der Waals surface area (Å²) in [4.78, 5) is 23.9. The summed E-state index contributed by atoms with van der Waals surface area (Å²) in [6.45, 7) is 2.68. The molecule has 0 heterocycles. The van der Waals surface area contributed by atoms with E-state index in [1.54, 1.807) is 11.9 Å². The fourth-order valence-corrected chi connectivity index (χ4v) is 1.69. The third kappa shape index (κ3) is 4.83. The number of benzene rings is 1. The smallest absolute Gasteiger partial charge is 0.328 e. The number of nitrogens with one attached hydrogen (secondary N) is 1. The molecule has 0 aliphatic carbocycles. The van der Waals surface area contributed by atoms with E-state index in [1.807, 2.05) is 31.2 Å². The maximum atomic E-state index is 11.5. The molecule has 5 heteroatoms. The van der Waals surface area contributed by atoms with Crippen LogP contribution in [0.3, 0.4) is 0 Å². The molecule has 0 radical (unpaired) electrons. The summed E-state index contributed by atoms with van der Waals surface area (Å²) in [6.07, 6.45) is 2.60. The van der Waals surface area contributed by atoms with Crippen LogP contribution in [0.4, 0.5) is 5.69 Å². The highest BCUT2D eigenvalue weighted by molar-refractivity contribution is 5.88. The number of aliphatic carboxylic acids is 1. The lowest BCUT2D eigenvalue weighted by Gasteiger charge is -2.20.